The molecular weight excluding hydrogens is 166 g/mol. The summed E-state index contributed by atoms with van der Waals surface area (Å²) in [4.78, 5) is 10.8. The van der Waals surface area contributed by atoms with Crippen molar-refractivity contribution in [2.45, 2.75) is 13.0 Å². The number of likely N-dealkylation sites (N-methyl/N-ethyl adjacent to an activating group) is 1. The van der Waals surface area contributed by atoms with Crippen molar-refractivity contribution in [3.63, 3.8) is 0 Å². The molecule has 2 N–H and O–H groups in total. The monoisotopic (exact) mass is 179 g/mol. The maximum absolute atomic E-state index is 10.8. The molecule has 1 aromatic carbocycles. The maximum Gasteiger partial charge on any atom is 0.325 e. The van der Waals surface area contributed by atoms with Crippen LogP contribution in [0, 0.1) is 6.92 Å². The minimum atomic E-state index is -0.850. The van der Waals surface area contributed by atoms with E-state index in [-0.39, 0.29) is 0 Å². The highest BCUT2D eigenvalue weighted by atomic mass is 16.4. The van der Waals surface area contributed by atoms with Gasteiger partial charge in [-0.2, -0.15) is 0 Å². The number of carboxylic acid groups (broad SMARTS) is 1. The number of aryl methyl sites for hydroxylation is 1. The first-order valence-corrected chi connectivity index (χ1v) is 4.12. The lowest BCUT2D eigenvalue weighted by molar-refractivity contribution is -0.139. The van der Waals surface area contributed by atoms with Gasteiger partial charge >= 0.3 is 5.97 Å². The van der Waals surface area contributed by atoms with Crippen molar-refractivity contribution in [1.29, 1.82) is 0 Å². The molecule has 0 spiro atoms. The Hall–Kier alpha value is -1.35. The van der Waals surface area contributed by atoms with Crippen LogP contribution in [0.25, 0.3) is 0 Å². The summed E-state index contributed by atoms with van der Waals surface area (Å²) in [6.45, 7) is 1.91. The van der Waals surface area contributed by atoms with Crippen LogP contribution in [0.5, 0.6) is 0 Å². The van der Waals surface area contributed by atoms with Crippen molar-refractivity contribution in [3.8, 4) is 0 Å². The number of rotatable bonds is 3. The molecule has 0 radical (unpaired) electrons. The Morgan fingerprint density at radius 3 is 2.54 bits per heavy atom. The number of carboxylic acids is 1. The summed E-state index contributed by atoms with van der Waals surface area (Å²) in [6.07, 6.45) is 0. The van der Waals surface area contributed by atoms with Crippen LogP contribution < -0.4 is 5.32 Å². The van der Waals surface area contributed by atoms with E-state index in [1.807, 2.05) is 31.2 Å². The van der Waals surface area contributed by atoms with E-state index in [4.69, 9.17) is 5.11 Å². The molecule has 0 aliphatic rings. The summed E-state index contributed by atoms with van der Waals surface area (Å²) in [6, 6.07) is 6.86. The van der Waals surface area contributed by atoms with Gasteiger partial charge < -0.3 is 10.4 Å². The number of benzene rings is 1. The predicted octanol–water partition coefficient (Wildman–Crippen LogP) is 1.34. The Bertz CT molecular complexity index is 310. The molecule has 0 heterocycles. The number of carbonyl (C=O) groups is 1. The van der Waals surface area contributed by atoms with Gasteiger partial charge in [0.25, 0.3) is 0 Å². The molecule has 1 aromatic rings. The Morgan fingerprint density at radius 1 is 1.46 bits per heavy atom. The largest absolute Gasteiger partial charge is 0.480 e. The van der Waals surface area contributed by atoms with Crippen molar-refractivity contribution < 1.29 is 9.90 Å². The van der Waals surface area contributed by atoms with Gasteiger partial charge in [-0.1, -0.05) is 24.3 Å². The summed E-state index contributed by atoms with van der Waals surface area (Å²) in [5.74, 6) is -0.850. The van der Waals surface area contributed by atoms with E-state index in [1.54, 1.807) is 7.05 Å². The van der Waals surface area contributed by atoms with Gasteiger partial charge in [0, 0.05) is 0 Å². The fraction of sp³-hybridized carbons (Fsp3) is 0.300. The molecule has 1 atom stereocenters. The summed E-state index contributed by atoms with van der Waals surface area (Å²) in [7, 11) is 1.64. The average molecular weight is 179 g/mol. The second kappa shape index (κ2) is 4.05. The molecule has 13 heavy (non-hydrogen) atoms. The van der Waals surface area contributed by atoms with Crippen molar-refractivity contribution in [2.24, 2.45) is 0 Å². The van der Waals surface area contributed by atoms with Crippen molar-refractivity contribution >= 4 is 5.97 Å². The van der Waals surface area contributed by atoms with Gasteiger partial charge in [0.05, 0.1) is 0 Å². The van der Waals surface area contributed by atoms with Crippen LogP contribution in [-0.2, 0) is 4.79 Å². The second-order valence-electron chi connectivity index (χ2n) is 2.92. The zero-order valence-corrected chi connectivity index (χ0v) is 7.74. The van der Waals surface area contributed by atoms with Crippen LogP contribution in [0.2, 0.25) is 0 Å². The molecule has 1 unspecified atom stereocenters. The van der Waals surface area contributed by atoms with Crippen molar-refractivity contribution in [1.82, 2.24) is 5.32 Å². The van der Waals surface area contributed by atoms with E-state index in [0.717, 1.165) is 11.1 Å². The van der Waals surface area contributed by atoms with E-state index >= 15 is 0 Å². The molecule has 0 fully saturated rings. The molecule has 0 aliphatic heterocycles. The van der Waals surface area contributed by atoms with Gasteiger partial charge in [0.15, 0.2) is 0 Å². The van der Waals surface area contributed by atoms with Gasteiger partial charge in [-0.15, -0.1) is 0 Å². The number of hydrogen-bond acceptors (Lipinski definition) is 2. The Balaban J connectivity index is 3.04. The molecule has 3 heteroatoms. The number of hydrogen-bond donors (Lipinski definition) is 2. The van der Waals surface area contributed by atoms with E-state index in [2.05, 4.69) is 5.32 Å². The van der Waals surface area contributed by atoms with Crippen LogP contribution in [0.4, 0.5) is 0 Å². The first kappa shape index (κ1) is 9.74. The topological polar surface area (TPSA) is 49.3 Å². The Kier molecular flexibility index (Phi) is 3.03. The quantitative estimate of drug-likeness (QED) is 0.736. The fourth-order valence-corrected chi connectivity index (χ4v) is 1.32. The average Bonchev–Trinajstić information content (AvgIpc) is 2.09. The SMILES string of the molecule is CNC(C(=O)O)c1ccccc1C. The highest BCUT2D eigenvalue weighted by molar-refractivity contribution is 5.76. The van der Waals surface area contributed by atoms with E-state index < -0.39 is 12.0 Å². The van der Waals surface area contributed by atoms with E-state index in [0.29, 0.717) is 0 Å². The smallest absolute Gasteiger partial charge is 0.325 e. The van der Waals surface area contributed by atoms with Crippen LogP contribution >= 0.6 is 0 Å². The maximum atomic E-state index is 10.8. The molecule has 0 amide bonds. The Labute approximate surface area is 77.4 Å². The van der Waals surface area contributed by atoms with Gasteiger partial charge in [0.2, 0.25) is 0 Å². The van der Waals surface area contributed by atoms with Crippen molar-refractivity contribution in [3.05, 3.63) is 35.4 Å². The third-order valence-electron chi connectivity index (χ3n) is 2.04. The molecule has 70 valence electrons. The predicted molar refractivity (Wildman–Crippen MR) is 50.6 cm³/mol. The molecule has 0 aromatic heterocycles. The molecule has 0 saturated carbocycles. The van der Waals surface area contributed by atoms with Crippen LogP contribution in [0.1, 0.15) is 17.2 Å². The van der Waals surface area contributed by atoms with Gasteiger partial charge in [-0.3, -0.25) is 4.79 Å². The summed E-state index contributed by atoms with van der Waals surface area (Å²) < 4.78 is 0. The summed E-state index contributed by atoms with van der Waals surface area (Å²) in [5.41, 5.74) is 1.81. The minimum absolute atomic E-state index is 0.610. The first-order chi connectivity index (χ1) is 6.16. The van der Waals surface area contributed by atoms with Crippen LogP contribution in [0.3, 0.4) is 0 Å². The molecular formula is C10H13NO2. The second-order valence-corrected chi connectivity index (χ2v) is 2.92. The minimum Gasteiger partial charge on any atom is -0.480 e. The van der Waals surface area contributed by atoms with Crippen LogP contribution in [0.15, 0.2) is 24.3 Å². The highest BCUT2D eigenvalue weighted by Crippen LogP contribution is 2.16. The third kappa shape index (κ3) is 2.06. The lowest BCUT2D eigenvalue weighted by atomic mass is 10.0. The third-order valence-corrected chi connectivity index (χ3v) is 2.04. The van der Waals surface area contributed by atoms with E-state index in [1.165, 1.54) is 0 Å². The van der Waals surface area contributed by atoms with Gasteiger partial charge in [0.1, 0.15) is 6.04 Å². The standard InChI is InChI=1S/C10H13NO2/c1-7-5-3-4-6-8(7)9(11-2)10(12)13/h3-6,9,11H,1-2H3,(H,12,13). The van der Waals surface area contributed by atoms with Gasteiger partial charge in [-0.25, -0.2) is 0 Å². The molecule has 0 saturated heterocycles. The molecule has 1 rings (SSSR count). The first-order valence-electron chi connectivity index (χ1n) is 4.12. The van der Waals surface area contributed by atoms with Crippen LogP contribution in [-0.4, -0.2) is 18.1 Å². The fourth-order valence-electron chi connectivity index (χ4n) is 1.32. The number of aliphatic carboxylic acids is 1. The molecule has 3 nitrogen and oxygen atoms in total. The Morgan fingerprint density at radius 2 is 2.08 bits per heavy atom. The van der Waals surface area contributed by atoms with Gasteiger partial charge in [-0.05, 0) is 25.1 Å². The summed E-state index contributed by atoms with van der Waals surface area (Å²) in [5, 5.41) is 11.6. The molecule has 0 bridgehead atoms. The lowest BCUT2D eigenvalue weighted by Crippen LogP contribution is -2.25. The zero-order chi connectivity index (χ0) is 9.84. The summed E-state index contributed by atoms with van der Waals surface area (Å²) >= 11 is 0. The lowest BCUT2D eigenvalue weighted by Gasteiger charge is -2.13. The molecule has 0 aliphatic carbocycles. The number of nitrogens with one attached hydrogen (secondary N) is 1. The van der Waals surface area contributed by atoms with E-state index in [9.17, 15) is 4.79 Å². The highest BCUT2D eigenvalue weighted by Gasteiger charge is 2.18. The normalized spacial score (nSPS) is 12.5. The zero-order valence-electron chi connectivity index (χ0n) is 7.74. The van der Waals surface area contributed by atoms with Crippen molar-refractivity contribution in [2.75, 3.05) is 7.05 Å².